The number of ether oxygens (including phenoxy) is 1. The lowest BCUT2D eigenvalue weighted by Crippen LogP contribution is -2.25. The molecule has 1 aliphatic heterocycles. The molecule has 0 saturated carbocycles. The molecule has 1 amide bonds. The number of carbonyl (C=O) groups excluding carboxylic acids is 1. The highest BCUT2D eigenvalue weighted by molar-refractivity contribution is 5.87. The number of nitrogens with zero attached hydrogens (tertiary/aromatic N) is 1. The van der Waals surface area contributed by atoms with E-state index in [1.165, 1.54) is 19.2 Å². The number of aromatic nitrogens is 1. The van der Waals surface area contributed by atoms with Crippen molar-refractivity contribution in [2.24, 2.45) is 0 Å². The van der Waals surface area contributed by atoms with Crippen LogP contribution in [0.4, 0.5) is 0 Å². The van der Waals surface area contributed by atoms with E-state index in [-0.39, 0.29) is 17.5 Å². The summed E-state index contributed by atoms with van der Waals surface area (Å²) in [6, 6.07) is 5.62. The minimum Gasteiger partial charge on any atom is -0.496 e. The third-order valence-corrected chi connectivity index (χ3v) is 5.66. The Labute approximate surface area is 175 Å². The number of fused-ring (bicyclic) bond motifs is 3. The van der Waals surface area contributed by atoms with Crippen molar-refractivity contribution in [3.8, 4) is 17.0 Å². The van der Waals surface area contributed by atoms with E-state index in [1.54, 1.807) is 7.11 Å². The molecule has 2 N–H and O–H groups in total. The number of carbonyl (C=O) groups is 2. The van der Waals surface area contributed by atoms with Gasteiger partial charge >= 0.3 is 5.97 Å². The van der Waals surface area contributed by atoms with Gasteiger partial charge in [-0.25, -0.2) is 4.79 Å². The van der Waals surface area contributed by atoms with Crippen LogP contribution in [0.5, 0.6) is 5.75 Å². The summed E-state index contributed by atoms with van der Waals surface area (Å²) in [5.41, 5.74) is 3.19. The molecular formula is C23H28N2O5. The average Bonchev–Trinajstić information content (AvgIpc) is 2.71. The topological polar surface area (TPSA) is 97.6 Å². The number of rotatable bonds is 8. The average molecular weight is 412 g/mol. The van der Waals surface area contributed by atoms with E-state index in [0.717, 1.165) is 60.2 Å². The molecule has 0 spiro atoms. The first-order chi connectivity index (χ1) is 14.3. The Hall–Kier alpha value is -3.09. The van der Waals surface area contributed by atoms with E-state index < -0.39 is 11.4 Å². The van der Waals surface area contributed by atoms with Crippen LogP contribution in [-0.2, 0) is 17.6 Å². The van der Waals surface area contributed by atoms with E-state index in [1.807, 2.05) is 10.6 Å². The van der Waals surface area contributed by atoms with Crippen molar-refractivity contribution < 1.29 is 19.4 Å². The second-order valence-corrected chi connectivity index (χ2v) is 7.68. The smallest absolute Gasteiger partial charge is 0.341 e. The van der Waals surface area contributed by atoms with Gasteiger partial charge in [0.25, 0.3) is 0 Å². The molecule has 1 aromatic heterocycles. The van der Waals surface area contributed by atoms with Gasteiger partial charge in [-0.3, -0.25) is 9.59 Å². The van der Waals surface area contributed by atoms with Gasteiger partial charge in [0.15, 0.2) is 5.43 Å². The first-order valence-electron chi connectivity index (χ1n) is 10.3. The second kappa shape index (κ2) is 9.15. The normalized spacial score (nSPS) is 14.6. The number of hydrogen-bond donors (Lipinski definition) is 2. The fourth-order valence-electron chi connectivity index (χ4n) is 4.09. The van der Waals surface area contributed by atoms with Crippen LogP contribution in [0.3, 0.4) is 0 Å². The van der Waals surface area contributed by atoms with Crippen molar-refractivity contribution >= 4 is 11.9 Å². The number of carboxylic acid groups (broad SMARTS) is 1. The first-order valence-corrected chi connectivity index (χ1v) is 10.3. The van der Waals surface area contributed by atoms with Crippen LogP contribution >= 0.6 is 0 Å². The van der Waals surface area contributed by atoms with Crippen molar-refractivity contribution in [1.82, 2.24) is 9.88 Å². The zero-order valence-corrected chi connectivity index (χ0v) is 17.7. The van der Waals surface area contributed by atoms with E-state index in [9.17, 15) is 19.5 Å². The van der Waals surface area contributed by atoms with Crippen molar-refractivity contribution in [2.75, 3.05) is 13.7 Å². The number of amides is 1. The van der Waals surface area contributed by atoms with Gasteiger partial charge in [0.2, 0.25) is 5.91 Å². The van der Waals surface area contributed by atoms with Gasteiger partial charge in [0.05, 0.1) is 12.8 Å². The fourth-order valence-corrected chi connectivity index (χ4v) is 4.09. The van der Waals surface area contributed by atoms with E-state index >= 15 is 0 Å². The van der Waals surface area contributed by atoms with Gasteiger partial charge in [-0.05, 0) is 49.3 Å². The summed E-state index contributed by atoms with van der Waals surface area (Å²) < 4.78 is 7.53. The molecule has 1 atom stereocenters. The van der Waals surface area contributed by atoms with Crippen LogP contribution in [0, 0.1) is 0 Å². The highest BCUT2D eigenvalue weighted by Gasteiger charge is 2.26. The summed E-state index contributed by atoms with van der Waals surface area (Å²) in [6.07, 6.45) is 5.70. The third-order valence-electron chi connectivity index (χ3n) is 5.66. The van der Waals surface area contributed by atoms with Gasteiger partial charge in [0, 0.05) is 37.3 Å². The molecule has 160 valence electrons. The summed E-state index contributed by atoms with van der Waals surface area (Å²) in [4.78, 5) is 34.8. The van der Waals surface area contributed by atoms with Gasteiger partial charge in [-0.1, -0.05) is 13.0 Å². The molecule has 1 aliphatic rings. The number of pyridine rings is 1. The zero-order chi connectivity index (χ0) is 21.8. The summed E-state index contributed by atoms with van der Waals surface area (Å²) in [7, 11) is 1.63. The lowest BCUT2D eigenvalue weighted by molar-refractivity contribution is -0.118. The van der Waals surface area contributed by atoms with Gasteiger partial charge in [0.1, 0.15) is 11.3 Å². The standard InChI is InChI=1S/C23H28N2O5/c1-4-17-10-16-9-15(7-5-6-8-24-14(2)26)22(30-3)11-18(16)20-12-21(27)19(23(28)29)13-25(17)20/h9,11-13,17H,4-8,10H2,1-3H3,(H,24,26)(H,28,29). The minimum atomic E-state index is -1.21. The van der Waals surface area contributed by atoms with Crippen LogP contribution in [0.2, 0.25) is 0 Å². The highest BCUT2D eigenvalue weighted by Crippen LogP contribution is 2.39. The van der Waals surface area contributed by atoms with Crippen molar-refractivity contribution in [2.45, 2.75) is 52.0 Å². The lowest BCUT2D eigenvalue weighted by Gasteiger charge is -2.31. The predicted octanol–water partition coefficient (Wildman–Crippen LogP) is 3.19. The molecule has 3 rings (SSSR count). The van der Waals surface area contributed by atoms with Crippen molar-refractivity contribution in [3.63, 3.8) is 0 Å². The Morgan fingerprint density at radius 1 is 1.27 bits per heavy atom. The zero-order valence-electron chi connectivity index (χ0n) is 17.7. The second-order valence-electron chi connectivity index (χ2n) is 7.68. The Balaban J connectivity index is 1.96. The van der Waals surface area contributed by atoms with E-state index in [4.69, 9.17) is 4.74 Å². The molecule has 30 heavy (non-hydrogen) atoms. The highest BCUT2D eigenvalue weighted by atomic mass is 16.5. The number of unbranched alkanes of at least 4 members (excludes halogenated alkanes) is 1. The van der Waals surface area contributed by atoms with Gasteiger partial charge in [-0.2, -0.15) is 0 Å². The van der Waals surface area contributed by atoms with Crippen molar-refractivity contribution in [1.29, 1.82) is 0 Å². The Morgan fingerprint density at radius 2 is 2.03 bits per heavy atom. The first kappa shape index (κ1) is 21.6. The fraction of sp³-hybridized carbons (Fsp3) is 0.435. The van der Waals surface area contributed by atoms with Gasteiger partial charge in [-0.15, -0.1) is 0 Å². The Morgan fingerprint density at radius 3 is 2.67 bits per heavy atom. The Kier molecular flexibility index (Phi) is 6.59. The predicted molar refractivity (Wildman–Crippen MR) is 114 cm³/mol. The van der Waals surface area contributed by atoms with Crippen LogP contribution in [0.15, 0.2) is 29.2 Å². The molecule has 0 aliphatic carbocycles. The number of hydrogen-bond acceptors (Lipinski definition) is 4. The summed E-state index contributed by atoms with van der Waals surface area (Å²) in [5, 5.41) is 12.1. The number of aromatic carboxylic acids is 1. The summed E-state index contributed by atoms with van der Waals surface area (Å²) >= 11 is 0. The number of benzene rings is 1. The molecule has 2 heterocycles. The van der Waals surface area contributed by atoms with E-state index in [2.05, 4.69) is 18.3 Å². The van der Waals surface area contributed by atoms with Gasteiger partial charge < -0.3 is 19.7 Å². The van der Waals surface area contributed by atoms with Crippen LogP contribution in [0.25, 0.3) is 11.3 Å². The van der Waals surface area contributed by atoms with E-state index in [0.29, 0.717) is 6.54 Å². The monoisotopic (exact) mass is 412 g/mol. The maximum Gasteiger partial charge on any atom is 0.341 e. The van der Waals surface area contributed by atoms with Crippen LogP contribution in [0.1, 0.15) is 60.6 Å². The minimum absolute atomic E-state index is 0.0214. The molecule has 7 heteroatoms. The van der Waals surface area contributed by atoms with Crippen LogP contribution < -0.4 is 15.5 Å². The molecule has 0 bridgehead atoms. The summed E-state index contributed by atoms with van der Waals surface area (Å²) in [6.45, 7) is 4.23. The number of methoxy groups -OCH3 is 1. The molecule has 0 fully saturated rings. The molecule has 0 saturated heterocycles. The molecule has 7 nitrogen and oxygen atoms in total. The maximum absolute atomic E-state index is 12.4. The molecule has 1 unspecified atom stereocenters. The number of nitrogens with one attached hydrogen (secondary N) is 1. The largest absolute Gasteiger partial charge is 0.496 e. The van der Waals surface area contributed by atoms with Crippen molar-refractivity contribution in [3.05, 3.63) is 51.3 Å². The Bertz CT molecular complexity index is 1020. The number of aryl methyl sites for hydroxylation is 1. The molecule has 1 aromatic carbocycles. The molecule has 0 radical (unpaired) electrons. The summed E-state index contributed by atoms with van der Waals surface area (Å²) in [5.74, 6) is -0.473. The third kappa shape index (κ3) is 4.40. The van der Waals surface area contributed by atoms with Crippen LogP contribution in [-0.4, -0.2) is 35.2 Å². The molecular weight excluding hydrogens is 384 g/mol. The SMILES string of the molecule is CCC1Cc2cc(CCCCNC(C)=O)c(OC)cc2-c2cc(=O)c(C(=O)O)cn21. The quantitative estimate of drug-likeness (QED) is 0.649. The lowest BCUT2D eigenvalue weighted by atomic mass is 9.88. The number of carboxylic acids is 1. The maximum atomic E-state index is 12.4. The molecule has 2 aromatic rings.